The Kier molecular flexibility index (Phi) is 6.02. The summed E-state index contributed by atoms with van der Waals surface area (Å²) in [6.07, 6.45) is 1.01. The highest BCUT2D eigenvalue weighted by Gasteiger charge is 2.20. The number of thiocarbonyl (C=S) groups is 1. The first-order valence-corrected chi connectivity index (χ1v) is 10.3. The topological polar surface area (TPSA) is 21.7 Å². The van der Waals surface area contributed by atoms with Crippen molar-refractivity contribution >= 4 is 28.8 Å². The van der Waals surface area contributed by atoms with Gasteiger partial charge >= 0.3 is 0 Å². The summed E-state index contributed by atoms with van der Waals surface area (Å²) < 4.78 is 11.5. The van der Waals surface area contributed by atoms with Crippen molar-refractivity contribution in [1.29, 1.82) is 0 Å². The van der Waals surface area contributed by atoms with Crippen LogP contribution in [0.25, 0.3) is 0 Å². The van der Waals surface area contributed by atoms with E-state index in [1.807, 2.05) is 42.5 Å². The van der Waals surface area contributed by atoms with E-state index in [0.29, 0.717) is 23.1 Å². The first-order chi connectivity index (χ1) is 14.1. The lowest BCUT2D eigenvalue weighted by Gasteiger charge is -2.31. The smallest absolute Gasteiger partial charge is 0.161 e. The van der Waals surface area contributed by atoms with Crippen LogP contribution in [0, 0.1) is 0 Å². The minimum atomic E-state index is 0.445. The van der Waals surface area contributed by atoms with E-state index in [0.717, 1.165) is 35.6 Å². The summed E-state index contributed by atoms with van der Waals surface area (Å²) in [6, 6.07) is 22.1. The Morgan fingerprint density at radius 1 is 1.00 bits per heavy atom. The highest BCUT2D eigenvalue weighted by atomic mass is 35.5. The van der Waals surface area contributed by atoms with Crippen molar-refractivity contribution in [2.24, 2.45) is 0 Å². The van der Waals surface area contributed by atoms with Crippen LogP contribution in [0.15, 0.2) is 66.7 Å². The molecular formula is C24H22ClNO2S. The maximum atomic E-state index is 5.96. The molecule has 0 fully saturated rings. The fourth-order valence-electron chi connectivity index (χ4n) is 3.51. The van der Waals surface area contributed by atoms with E-state index in [9.17, 15) is 0 Å². The van der Waals surface area contributed by atoms with E-state index < -0.39 is 0 Å². The SMILES string of the molecule is COc1cc(C(=S)N2CCc3ccccc3C2)ccc1OCc1ccc(Cl)cc1. The average molecular weight is 424 g/mol. The zero-order chi connectivity index (χ0) is 20.2. The third kappa shape index (κ3) is 4.55. The van der Waals surface area contributed by atoms with Gasteiger partial charge in [0.2, 0.25) is 0 Å². The van der Waals surface area contributed by atoms with Crippen molar-refractivity contribution in [3.63, 3.8) is 0 Å². The van der Waals surface area contributed by atoms with Gasteiger partial charge in [-0.3, -0.25) is 0 Å². The number of hydrogen-bond donors (Lipinski definition) is 0. The molecule has 148 valence electrons. The number of methoxy groups -OCH3 is 1. The molecule has 0 amide bonds. The monoisotopic (exact) mass is 423 g/mol. The van der Waals surface area contributed by atoms with Gasteiger partial charge in [0.05, 0.1) is 7.11 Å². The normalized spacial score (nSPS) is 13.0. The number of fused-ring (bicyclic) bond motifs is 1. The molecule has 3 aromatic rings. The molecule has 0 bridgehead atoms. The maximum absolute atomic E-state index is 5.96. The summed E-state index contributed by atoms with van der Waals surface area (Å²) in [7, 11) is 1.65. The predicted molar refractivity (Wildman–Crippen MR) is 121 cm³/mol. The molecule has 3 nitrogen and oxygen atoms in total. The molecule has 1 aliphatic heterocycles. The van der Waals surface area contributed by atoms with Gasteiger partial charge in [0.1, 0.15) is 11.6 Å². The maximum Gasteiger partial charge on any atom is 0.161 e. The lowest BCUT2D eigenvalue weighted by atomic mass is 9.99. The summed E-state index contributed by atoms with van der Waals surface area (Å²) in [5.74, 6) is 1.37. The third-order valence-corrected chi connectivity index (χ3v) is 5.88. The van der Waals surface area contributed by atoms with Gasteiger partial charge in [-0.05, 0) is 53.4 Å². The predicted octanol–water partition coefficient (Wildman–Crippen LogP) is 5.66. The fraction of sp³-hybridized carbons (Fsp3) is 0.208. The molecule has 1 aliphatic rings. The van der Waals surface area contributed by atoms with Crippen LogP contribution in [0.5, 0.6) is 11.5 Å². The standard InChI is InChI=1S/C24H22ClNO2S/c1-27-23-14-19(8-11-22(23)28-16-17-6-9-21(25)10-7-17)24(29)26-13-12-18-4-2-3-5-20(18)15-26/h2-11,14H,12-13,15-16H2,1H3. The summed E-state index contributed by atoms with van der Waals surface area (Å²) in [5.41, 5.74) is 4.77. The fourth-order valence-corrected chi connectivity index (χ4v) is 3.92. The largest absolute Gasteiger partial charge is 0.493 e. The third-order valence-electron chi connectivity index (χ3n) is 5.14. The summed E-state index contributed by atoms with van der Waals surface area (Å²) >= 11 is 11.7. The number of rotatable bonds is 5. The second-order valence-corrected chi connectivity index (χ2v) is 7.85. The number of ether oxygens (including phenoxy) is 2. The number of hydrogen-bond acceptors (Lipinski definition) is 3. The zero-order valence-electron chi connectivity index (χ0n) is 16.2. The second-order valence-electron chi connectivity index (χ2n) is 7.03. The Morgan fingerprint density at radius 3 is 2.52 bits per heavy atom. The molecule has 0 N–H and O–H groups in total. The summed E-state index contributed by atoms with van der Waals surface area (Å²) in [6.45, 7) is 2.21. The van der Waals surface area contributed by atoms with Crippen LogP contribution in [-0.2, 0) is 19.6 Å². The lowest BCUT2D eigenvalue weighted by molar-refractivity contribution is 0.284. The van der Waals surface area contributed by atoms with Gasteiger partial charge in [-0.15, -0.1) is 0 Å². The first-order valence-electron chi connectivity index (χ1n) is 9.55. The van der Waals surface area contributed by atoms with Crippen LogP contribution in [0.3, 0.4) is 0 Å². The Labute approximate surface area is 181 Å². The Bertz CT molecular complexity index is 1020. The van der Waals surface area contributed by atoms with Crippen molar-refractivity contribution in [1.82, 2.24) is 4.90 Å². The molecule has 0 spiro atoms. The number of nitrogens with zero attached hydrogens (tertiary/aromatic N) is 1. The van der Waals surface area contributed by atoms with Crippen LogP contribution < -0.4 is 9.47 Å². The second kappa shape index (κ2) is 8.85. The first kappa shape index (κ1) is 19.7. The van der Waals surface area contributed by atoms with Crippen LogP contribution >= 0.6 is 23.8 Å². The van der Waals surface area contributed by atoms with E-state index in [1.54, 1.807) is 7.11 Å². The van der Waals surface area contributed by atoms with E-state index in [2.05, 4.69) is 29.2 Å². The lowest BCUT2D eigenvalue weighted by Crippen LogP contribution is -2.35. The minimum Gasteiger partial charge on any atom is -0.493 e. The molecule has 4 rings (SSSR count). The molecule has 0 aliphatic carbocycles. The highest BCUT2D eigenvalue weighted by Crippen LogP contribution is 2.30. The summed E-state index contributed by atoms with van der Waals surface area (Å²) in [5, 5.41) is 0.713. The van der Waals surface area contributed by atoms with Crippen LogP contribution in [-0.4, -0.2) is 23.5 Å². The molecule has 0 saturated carbocycles. The van der Waals surface area contributed by atoms with Gasteiger partial charge in [0.25, 0.3) is 0 Å². The Balaban J connectivity index is 1.47. The van der Waals surface area contributed by atoms with Gasteiger partial charge in [-0.25, -0.2) is 0 Å². The molecule has 1 heterocycles. The van der Waals surface area contributed by atoms with E-state index in [4.69, 9.17) is 33.3 Å². The molecule has 0 unspecified atom stereocenters. The molecule has 0 aromatic heterocycles. The Morgan fingerprint density at radius 2 is 1.76 bits per heavy atom. The van der Waals surface area contributed by atoms with Crippen molar-refractivity contribution < 1.29 is 9.47 Å². The van der Waals surface area contributed by atoms with Crippen LogP contribution in [0.2, 0.25) is 5.02 Å². The van der Waals surface area contributed by atoms with Crippen molar-refractivity contribution in [2.75, 3.05) is 13.7 Å². The van der Waals surface area contributed by atoms with Gasteiger partial charge in [-0.2, -0.15) is 0 Å². The van der Waals surface area contributed by atoms with E-state index in [-0.39, 0.29) is 0 Å². The molecule has 0 radical (unpaired) electrons. The van der Waals surface area contributed by atoms with Crippen molar-refractivity contribution in [2.45, 2.75) is 19.6 Å². The molecule has 0 atom stereocenters. The van der Waals surface area contributed by atoms with Crippen LogP contribution in [0.4, 0.5) is 0 Å². The molecule has 3 aromatic carbocycles. The quantitative estimate of drug-likeness (QED) is 0.493. The summed E-state index contributed by atoms with van der Waals surface area (Å²) in [4.78, 5) is 3.09. The zero-order valence-corrected chi connectivity index (χ0v) is 17.8. The van der Waals surface area contributed by atoms with Gasteiger partial charge < -0.3 is 14.4 Å². The van der Waals surface area contributed by atoms with Gasteiger partial charge in [0.15, 0.2) is 11.5 Å². The molecule has 5 heteroatoms. The molecular weight excluding hydrogens is 402 g/mol. The van der Waals surface area contributed by atoms with Gasteiger partial charge in [0, 0.05) is 23.7 Å². The average Bonchev–Trinajstić information content (AvgIpc) is 2.77. The highest BCUT2D eigenvalue weighted by molar-refractivity contribution is 7.80. The number of halogens is 1. The van der Waals surface area contributed by atoms with Crippen molar-refractivity contribution in [3.8, 4) is 11.5 Å². The van der Waals surface area contributed by atoms with Crippen molar-refractivity contribution in [3.05, 3.63) is 94.0 Å². The Hall–Kier alpha value is -2.56. The van der Waals surface area contributed by atoms with E-state index >= 15 is 0 Å². The van der Waals surface area contributed by atoms with Crippen LogP contribution in [0.1, 0.15) is 22.3 Å². The molecule has 29 heavy (non-hydrogen) atoms. The number of benzene rings is 3. The van der Waals surface area contributed by atoms with E-state index in [1.165, 1.54) is 11.1 Å². The van der Waals surface area contributed by atoms with Gasteiger partial charge in [-0.1, -0.05) is 60.2 Å². The molecule has 0 saturated heterocycles. The minimum absolute atomic E-state index is 0.445.